The molecular weight excluding hydrogens is 242 g/mol. The summed E-state index contributed by atoms with van der Waals surface area (Å²) >= 11 is 0. The van der Waals surface area contributed by atoms with Gasteiger partial charge in [0.05, 0.1) is 5.56 Å². The first-order valence-corrected chi connectivity index (χ1v) is 6.65. The second-order valence-corrected chi connectivity index (χ2v) is 5.18. The summed E-state index contributed by atoms with van der Waals surface area (Å²) in [4.78, 5) is 11.2. The van der Waals surface area contributed by atoms with Crippen LogP contribution in [0.25, 0.3) is 11.0 Å². The molecule has 0 saturated carbocycles. The summed E-state index contributed by atoms with van der Waals surface area (Å²) < 4.78 is 1.71. The van der Waals surface area contributed by atoms with Gasteiger partial charge in [-0.25, -0.2) is 9.48 Å². The molecule has 5 nitrogen and oxygen atoms in total. The number of aryl methyl sites for hydroxylation is 1. The highest BCUT2D eigenvalue weighted by atomic mass is 16.4. The van der Waals surface area contributed by atoms with Gasteiger partial charge in [0.25, 0.3) is 0 Å². The predicted octanol–water partition coefficient (Wildman–Crippen LogP) is 2.96. The van der Waals surface area contributed by atoms with Crippen LogP contribution in [0.3, 0.4) is 0 Å². The third kappa shape index (κ3) is 3.10. The summed E-state index contributed by atoms with van der Waals surface area (Å²) in [7, 11) is 0. The molecule has 1 heterocycles. The average Bonchev–Trinajstić information content (AvgIpc) is 2.77. The predicted molar refractivity (Wildman–Crippen MR) is 73.2 cm³/mol. The molecule has 0 aliphatic heterocycles. The number of hydrogen-bond donors (Lipinski definition) is 1. The summed E-state index contributed by atoms with van der Waals surface area (Å²) in [5.74, 6) is -0.238. The van der Waals surface area contributed by atoms with Crippen LogP contribution in [-0.4, -0.2) is 26.1 Å². The third-order valence-corrected chi connectivity index (χ3v) is 3.17. The molecule has 1 aromatic heterocycles. The third-order valence-electron chi connectivity index (χ3n) is 3.17. The summed E-state index contributed by atoms with van der Waals surface area (Å²) in [6.07, 6.45) is 3.29. The Bertz CT molecular complexity index is 575. The molecule has 5 heteroatoms. The van der Waals surface area contributed by atoms with Crippen molar-refractivity contribution in [3.05, 3.63) is 23.8 Å². The number of benzene rings is 1. The van der Waals surface area contributed by atoms with Gasteiger partial charge in [-0.1, -0.05) is 38.0 Å². The quantitative estimate of drug-likeness (QED) is 0.812. The number of aromatic carboxylic acids is 1. The zero-order chi connectivity index (χ0) is 13.8. The molecule has 1 N–H and O–H groups in total. The number of aromatic nitrogens is 3. The van der Waals surface area contributed by atoms with Crippen molar-refractivity contribution in [3.8, 4) is 0 Å². The molecule has 0 aliphatic carbocycles. The molecule has 2 rings (SSSR count). The van der Waals surface area contributed by atoms with Gasteiger partial charge in [-0.2, -0.15) is 0 Å². The van der Waals surface area contributed by atoms with Crippen LogP contribution >= 0.6 is 0 Å². The molecular formula is C14H19N3O2. The zero-order valence-corrected chi connectivity index (χ0v) is 11.3. The van der Waals surface area contributed by atoms with Crippen LogP contribution in [0.4, 0.5) is 0 Å². The molecule has 1 aromatic carbocycles. The lowest BCUT2D eigenvalue weighted by Crippen LogP contribution is -2.05. The number of fused-ring (bicyclic) bond motifs is 1. The highest BCUT2D eigenvalue weighted by Gasteiger charge is 2.14. The Morgan fingerprint density at radius 1 is 1.37 bits per heavy atom. The molecule has 0 amide bonds. The van der Waals surface area contributed by atoms with Crippen LogP contribution in [0.2, 0.25) is 0 Å². The molecule has 102 valence electrons. The second-order valence-electron chi connectivity index (χ2n) is 5.18. The van der Waals surface area contributed by atoms with Crippen LogP contribution < -0.4 is 0 Å². The SMILES string of the molecule is CC(C)CCCCn1nnc2cccc(C(=O)O)c21. The zero-order valence-electron chi connectivity index (χ0n) is 11.3. The van der Waals surface area contributed by atoms with Gasteiger partial charge in [-0.3, -0.25) is 0 Å². The largest absolute Gasteiger partial charge is 0.478 e. The maximum absolute atomic E-state index is 11.2. The molecule has 0 aliphatic rings. The van der Waals surface area contributed by atoms with Crippen molar-refractivity contribution >= 4 is 17.0 Å². The highest BCUT2D eigenvalue weighted by molar-refractivity contribution is 6.00. The summed E-state index contributed by atoms with van der Waals surface area (Å²) in [6.45, 7) is 5.12. The number of rotatable bonds is 6. The summed E-state index contributed by atoms with van der Waals surface area (Å²) in [5.41, 5.74) is 1.54. The van der Waals surface area contributed by atoms with Crippen LogP contribution in [0.15, 0.2) is 18.2 Å². The number of carbonyl (C=O) groups is 1. The molecule has 0 fully saturated rings. The Hall–Kier alpha value is -1.91. The fourth-order valence-electron chi connectivity index (χ4n) is 2.17. The van der Waals surface area contributed by atoms with E-state index in [4.69, 9.17) is 0 Å². The van der Waals surface area contributed by atoms with Crippen molar-refractivity contribution in [3.63, 3.8) is 0 Å². The van der Waals surface area contributed by atoms with E-state index in [1.165, 1.54) is 6.42 Å². The Balaban J connectivity index is 2.17. The van der Waals surface area contributed by atoms with Gasteiger partial charge in [0, 0.05) is 6.54 Å². The van der Waals surface area contributed by atoms with Crippen molar-refractivity contribution in [1.82, 2.24) is 15.0 Å². The first-order chi connectivity index (χ1) is 9.09. The fourth-order valence-corrected chi connectivity index (χ4v) is 2.17. The van der Waals surface area contributed by atoms with Crippen LogP contribution in [0.1, 0.15) is 43.5 Å². The number of carboxylic acids is 1. The lowest BCUT2D eigenvalue weighted by molar-refractivity contribution is 0.0698. The van der Waals surface area contributed by atoms with Gasteiger partial charge in [-0.05, 0) is 24.5 Å². The van der Waals surface area contributed by atoms with Gasteiger partial charge < -0.3 is 5.11 Å². The van der Waals surface area contributed by atoms with Crippen LogP contribution in [0, 0.1) is 5.92 Å². The van der Waals surface area contributed by atoms with E-state index in [1.807, 2.05) is 0 Å². The van der Waals surface area contributed by atoms with E-state index in [-0.39, 0.29) is 5.56 Å². The fraction of sp³-hybridized carbons (Fsp3) is 0.500. The van der Waals surface area contributed by atoms with E-state index in [0.717, 1.165) is 12.8 Å². The Kier molecular flexibility index (Phi) is 4.14. The van der Waals surface area contributed by atoms with Gasteiger partial charge in [-0.15, -0.1) is 5.10 Å². The number of hydrogen-bond acceptors (Lipinski definition) is 3. The molecule has 0 unspecified atom stereocenters. The van der Waals surface area contributed by atoms with E-state index in [0.29, 0.717) is 23.5 Å². The Labute approximate surface area is 112 Å². The van der Waals surface area contributed by atoms with Crippen LogP contribution in [-0.2, 0) is 6.54 Å². The molecule has 0 atom stereocenters. The minimum Gasteiger partial charge on any atom is -0.478 e. The lowest BCUT2D eigenvalue weighted by atomic mass is 10.1. The topological polar surface area (TPSA) is 68.0 Å². The molecule has 0 bridgehead atoms. The number of para-hydroxylation sites is 1. The van der Waals surface area contributed by atoms with Crippen molar-refractivity contribution in [1.29, 1.82) is 0 Å². The molecule has 19 heavy (non-hydrogen) atoms. The minimum absolute atomic E-state index is 0.270. The van der Waals surface area contributed by atoms with Crippen molar-refractivity contribution in [2.24, 2.45) is 5.92 Å². The van der Waals surface area contributed by atoms with E-state index in [1.54, 1.807) is 22.9 Å². The summed E-state index contributed by atoms with van der Waals surface area (Å²) in [6, 6.07) is 5.08. The summed E-state index contributed by atoms with van der Waals surface area (Å²) in [5, 5.41) is 17.3. The Morgan fingerprint density at radius 3 is 2.84 bits per heavy atom. The highest BCUT2D eigenvalue weighted by Crippen LogP contribution is 2.17. The van der Waals surface area contributed by atoms with Crippen LogP contribution in [0.5, 0.6) is 0 Å². The maximum Gasteiger partial charge on any atom is 0.337 e. The van der Waals surface area contributed by atoms with Gasteiger partial charge in [0.2, 0.25) is 0 Å². The number of carboxylic acid groups (broad SMARTS) is 1. The molecule has 0 spiro atoms. The first-order valence-electron chi connectivity index (χ1n) is 6.65. The molecule has 0 radical (unpaired) electrons. The normalized spacial score (nSPS) is 11.3. The Morgan fingerprint density at radius 2 is 2.16 bits per heavy atom. The van der Waals surface area contributed by atoms with Crippen molar-refractivity contribution in [2.45, 2.75) is 39.7 Å². The van der Waals surface area contributed by atoms with Gasteiger partial charge >= 0.3 is 5.97 Å². The molecule has 2 aromatic rings. The van der Waals surface area contributed by atoms with E-state index < -0.39 is 5.97 Å². The number of nitrogens with zero attached hydrogens (tertiary/aromatic N) is 3. The smallest absolute Gasteiger partial charge is 0.337 e. The maximum atomic E-state index is 11.2. The standard InChI is InChI=1S/C14H19N3O2/c1-10(2)6-3-4-9-17-13-11(14(18)19)7-5-8-12(13)15-16-17/h5,7-8,10H,3-4,6,9H2,1-2H3,(H,18,19). The minimum atomic E-state index is -0.934. The van der Waals surface area contributed by atoms with Crippen molar-refractivity contribution < 1.29 is 9.90 Å². The average molecular weight is 261 g/mol. The molecule has 0 saturated heterocycles. The number of unbranched alkanes of at least 4 members (excludes halogenated alkanes) is 1. The second kappa shape index (κ2) is 5.82. The van der Waals surface area contributed by atoms with E-state index >= 15 is 0 Å². The monoisotopic (exact) mass is 261 g/mol. The van der Waals surface area contributed by atoms with Gasteiger partial charge in [0.15, 0.2) is 0 Å². The van der Waals surface area contributed by atoms with E-state index in [9.17, 15) is 9.90 Å². The van der Waals surface area contributed by atoms with Gasteiger partial charge in [0.1, 0.15) is 11.0 Å². The lowest BCUT2D eigenvalue weighted by Gasteiger charge is -2.06. The van der Waals surface area contributed by atoms with E-state index in [2.05, 4.69) is 24.2 Å². The first kappa shape index (κ1) is 13.5. The van der Waals surface area contributed by atoms with Crippen molar-refractivity contribution in [2.75, 3.05) is 0 Å².